The molecule has 27 heavy (non-hydrogen) atoms. The summed E-state index contributed by atoms with van der Waals surface area (Å²) in [6.45, 7) is 5.42. The molecule has 0 aliphatic rings. The van der Waals surface area contributed by atoms with Crippen LogP contribution >= 0.6 is 0 Å². The smallest absolute Gasteiger partial charge is 0.161 e. The Kier molecular flexibility index (Phi) is 6.83. The predicted molar refractivity (Wildman–Crippen MR) is 108 cm³/mol. The maximum absolute atomic E-state index is 5.95. The molecular weight excluding hydrogens is 336 g/mol. The Morgan fingerprint density at radius 3 is 2.26 bits per heavy atom. The Morgan fingerprint density at radius 2 is 1.56 bits per heavy atom. The summed E-state index contributed by atoms with van der Waals surface area (Å²) in [6, 6.07) is 20.4. The van der Waals surface area contributed by atoms with Crippen molar-refractivity contribution in [2.75, 3.05) is 13.7 Å². The predicted octanol–water partition coefficient (Wildman–Crippen LogP) is 4.69. The highest BCUT2D eigenvalue weighted by Gasteiger charge is 2.10. The van der Waals surface area contributed by atoms with Crippen molar-refractivity contribution in [3.8, 4) is 11.5 Å². The van der Waals surface area contributed by atoms with Crippen LogP contribution in [-0.2, 0) is 19.7 Å². The zero-order valence-corrected chi connectivity index (χ0v) is 16.0. The fraction of sp³-hybridized carbons (Fsp3) is 0.261. The van der Waals surface area contributed by atoms with Crippen molar-refractivity contribution in [1.29, 1.82) is 0 Å². The van der Waals surface area contributed by atoms with Gasteiger partial charge in [-0.3, -0.25) is 9.88 Å². The van der Waals surface area contributed by atoms with Crippen molar-refractivity contribution in [3.63, 3.8) is 0 Å². The maximum Gasteiger partial charge on any atom is 0.161 e. The van der Waals surface area contributed by atoms with Crippen molar-refractivity contribution in [2.24, 2.45) is 0 Å². The third-order valence-electron chi connectivity index (χ3n) is 4.47. The molecule has 0 aliphatic carbocycles. The van der Waals surface area contributed by atoms with E-state index in [1.165, 1.54) is 11.1 Å². The number of pyridine rings is 1. The molecule has 0 radical (unpaired) electrons. The van der Waals surface area contributed by atoms with Crippen molar-refractivity contribution < 1.29 is 9.47 Å². The third-order valence-corrected chi connectivity index (χ3v) is 4.47. The first-order valence-corrected chi connectivity index (χ1v) is 9.23. The molecule has 0 fully saturated rings. The number of benzene rings is 2. The van der Waals surface area contributed by atoms with Gasteiger partial charge in [-0.2, -0.15) is 0 Å². The molecule has 0 saturated heterocycles. The molecule has 140 valence electrons. The molecule has 2 aromatic carbocycles. The summed E-state index contributed by atoms with van der Waals surface area (Å²) in [4.78, 5) is 6.47. The van der Waals surface area contributed by atoms with Crippen LogP contribution in [0.15, 0.2) is 73.1 Å². The van der Waals surface area contributed by atoms with Crippen LogP contribution in [0.25, 0.3) is 0 Å². The van der Waals surface area contributed by atoms with Crippen LogP contribution in [0.1, 0.15) is 23.6 Å². The lowest BCUT2D eigenvalue weighted by Gasteiger charge is -2.21. The molecule has 0 unspecified atom stereocenters. The van der Waals surface area contributed by atoms with Crippen LogP contribution in [0.3, 0.4) is 0 Å². The molecule has 0 amide bonds. The van der Waals surface area contributed by atoms with Crippen LogP contribution in [0.4, 0.5) is 0 Å². The van der Waals surface area contributed by atoms with Gasteiger partial charge < -0.3 is 9.47 Å². The van der Waals surface area contributed by atoms with Crippen LogP contribution in [0, 0.1) is 0 Å². The molecule has 4 heteroatoms. The number of methoxy groups -OCH3 is 1. The van der Waals surface area contributed by atoms with E-state index >= 15 is 0 Å². The van der Waals surface area contributed by atoms with Crippen LogP contribution in [0.5, 0.6) is 11.5 Å². The minimum Gasteiger partial charge on any atom is -0.493 e. The van der Waals surface area contributed by atoms with Gasteiger partial charge in [0, 0.05) is 25.5 Å². The SMILES string of the molecule is CCN(Cc1ccncc1)Cc1ccc(OCc2ccccc2)c(OC)c1. The lowest BCUT2D eigenvalue weighted by Crippen LogP contribution is -2.22. The van der Waals surface area contributed by atoms with Crippen molar-refractivity contribution in [3.05, 3.63) is 89.7 Å². The van der Waals surface area contributed by atoms with E-state index in [9.17, 15) is 0 Å². The average Bonchev–Trinajstić information content (AvgIpc) is 2.73. The van der Waals surface area contributed by atoms with Crippen molar-refractivity contribution >= 4 is 0 Å². The zero-order valence-electron chi connectivity index (χ0n) is 16.0. The van der Waals surface area contributed by atoms with Crippen LogP contribution in [-0.4, -0.2) is 23.5 Å². The fourth-order valence-electron chi connectivity index (χ4n) is 2.95. The van der Waals surface area contributed by atoms with E-state index in [1.807, 2.05) is 36.7 Å². The highest BCUT2D eigenvalue weighted by Crippen LogP contribution is 2.29. The molecule has 4 nitrogen and oxygen atoms in total. The molecule has 0 N–H and O–H groups in total. The highest BCUT2D eigenvalue weighted by molar-refractivity contribution is 5.43. The summed E-state index contributed by atoms with van der Waals surface area (Å²) in [5.74, 6) is 1.53. The van der Waals surface area contributed by atoms with Crippen LogP contribution in [0.2, 0.25) is 0 Å². The second kappa shape index (κ2) is 9.74. The summed E-state index contributed by atoms with van der Waals surface area (Å²) >= 11 is 0. The van der Waals surface area contributed by atoms with E-state index in [0.717, 1.165) is 36.7 Å². The van der Waals surface area contributed by atoms with Gasteiger partial charge in [-0.05, 0) is 47.5 Å². The van der Waals surface area contributed by atoms with E-state index in [0.29, 0.717) is 6.61 Å². The second-order valence-corrected chi connectivity index (χ2v) is 6.42. The topological polar surface area (TPSA) is 34.6 Å². The number of aromatic nitrogens is 1. The normalized spacial score (nSPS) is 10.8. The van der Waals surface area contributed by atoms with E-state index < -0.39 is 0 Å². The first-order chi connectivity index (χ1) is 13.3. The van der Waals surface area contributed by atoms with E-state index in [4.69, 9.17) is 9.47 Å². The Hall–Kier alpha value is -2.85. The molecular formula is C23H26N2O2. The van der Waals surface area contributed by atoms with Crippen molar-refractivity contribution in [1.82, 2.24) is 9.88 Å². The number of hydrogen-bond donors (Lipinski definition) is 0. The molecule has 0 aliphatic heterocycles. The van der Waals surface area contributed by atoms with E-state index in [1.54, 1.807) is 7.11 Å². The number of ether oxygens (including phenoxy) is 2. The molecule has 3 rings (SSSR count). The number of rotatable bonds is 9. The molecule has 0 atom stereocenters. The first kappa shape index (κ1) is 18.9. The first-order valence-electron chi connectivity index (χ1n) is 9.23. The minimum atomic E-state index is 0.527. The summed E-state index contributed by atoms with van der Waals surface area (Å²) in [5.41, 5.74) is 3.61. The van der Waals surface area contributed by atoms with Gasteiger partial charge in [0.1, 0.15) is 6.61 Å². The van der Waals surface area contributed by atoms with Crippen molar-refractivity contribution in [2.45, 2.75) is 26.6 Å². The van der Waals surface area contributed by atoms with Gasteiger partial charge >= 0.3 is 0 Å². The van der Waals surface area contributed by atoms with Gasteiger partial charge in [-0.1, -0.05) is 43.3 Å². The summed E-state index contributed by atoms with van der Waals surface area (Å²) < 4.78 is 11.5. The highest BCUT2D eigenvalue weighted by atomic mass is 16.5. The molecule has 1 heterocycles. The molecule has 1 aromatic heterocycles. The summed E-state index contributed by atoms with van der Waals surface area (Å²) in [5, 5.41) is 0. The molecule has 0 saturated carbocycles. The van der Waals surface area contributed by atoms with Gasteiger partial charge in [0.2, 0.25) is 0 Å². The van der Waals surface area contributed by atoms with Gasteiger partial charge in [-0.15, -0.1) is 0 Å². The monoisotopic (exact) mass is 362 g/mol. The Balaban J connectivity index is 1.65. The minimum absolute atomic E-state index is 0.527. The third kappa shape index (κ3) is 5.56. The lowest BCUT2D eigenvalue weighted by atomic mass is 10.1. The van der Waals surface area contributed by atoms with Crippen LogP contribution < -0.4 is 9.47 Å². The second-order valence-electron chi connectivity index (χ2n) is 6.42. The standard InChI is InChI=1S/C23H26N2O2/c1-3-25(16-19-11-13-24-14-12-19)17-21-9-10-22(23(15-21)26-2)27-18-20-7-5-4-6-8-20/h4-15H,3,16-18H2,1-2H3. The maximum atomic E-state index is 5.95. The summed E-state index contributed by atoms with van der Waals surface area (Å²) in [7, 11) is 1.68. The van der Waals surface area contributed by atoms with E-state index in [-0.39, 0.29) is 0 Å². The van der Waals surface area contributed by atoms with Gasteiger partial charge in [0.05, 0.1) is 7.11 Å². The largest absolute Gasteiger partial charge is 0.493 e. The van der Waals surface area contributed by atoms with Gasteiger partial charge in [0.25, 0.3) is 0 Å². The van der Waals surface area contributed by atoms with Gasteiger partial charge in [0.15, 0.2) is 11.5 Å². The molecule has 3 aromatic rings. The number of nitrogens with zero attached hydrogens (tertiary/aromatic N) is 2. The molecule has 0 spiro atoms. The summed E-state index contributed by atoms with van der Waals surface area (Å²) in [6.07, 6.45) is 3.68. The average molecular weight is 362 g/mol. The van der Waals surface area contributed by atoms with Gasteiger partial charge in [-0.25, -0.2) is 0 Å². The Morgan fingerprint density at radius 1 is 0.815 bits per heavy atom. The Labute approximate surface area is 161 Å². The Bertz CT molecular complexity index is 822. The molecule has 0 bridgehead atoms. The lowest BCUT2D eigenvalue weighted by molar-refractivity contribution is 0.268. The zero-order chi connectivity index (χ0) is 18.9. The number of hydrogen-bond acceptors (Lipinski definition) is 4. The quantitative estimate of drug-likeness (QED) is 0.553. The fourth-order valence-corrected chi connectivity index (χ4v) is 2.95. The van der Waals surface area contributed by atoms with E-state index in [2.05, 4.69) is 53.2 Å².